The standard InChI is InChI=1S/C31H50O9/c1-30(20-34)23-18-31(21(19-33)14-15-26(30)31)27(17-22(23)29(38)39)40-28(37)13-9-4-2-3-7-11-24(35)25(36)12-8-5-6-10-16-32/h17,19,21,23-27,32,34-36H,2-16,18,20H2,1H3,(H,38,39)/t21-,23-,24-,25-,26+,27+,30-,31+/m1/s1. The summed E-state index contributed by atoms with van der Waals surface area (Å²) in [7, 11) is 0. The lowest BCUT2D eigenvalue weighted by molar-refractivity contribution is -0.158. The van der Waals surface area contributed by atoms with Crippen molar-refractivity contribution in [2.75, 3.05) is 13.2 Å². The van der Waals surface area contributed by atoms with Crippen molar-refractivity contribution < 1.29 is 44.7 Å². The normalized spacial score (nSPS) is 32.3. The number of aldehydes is 1. The highest BCUT2D eigenvalue weighted by Gasteiger charge is 2.71. The number of carbonyl (C=O) groups is 3. The van der Waals surface area contributed by atoms with Crippen LogP contribution in [0.3, 0.4) is 0 Å². The van der Waals surface area contributed by atoms with Gasteiger partial charge < -0.3 is 35.1 Å². The van der Waals surface area contributed by atoms with Crippen LogP contribution in [0.15, 0.2) is 11.6 Å². The number of hydrogen-bond acceptors (Lipinski definition) is 8. The van der Waals surface area contributed by atoms with E-state index in [1.807, 2.05) is 6.92 Å². The van der Waals surface area contributed by atoms with Crippen LogP contribution in [0.5, 0.6) is 0 Å². The second-order valence-electron chi connectivity index (χ2n) is 12.6. The van der Waals surface area contributed by atoms with Crippen molar-refractivity contribution in [1.29, 1.82) is 0 Å². The van der Waals surface area contributed by atoms with Crippen LogP contribution in [-0.4, -0.2) is 75.3 Å². The first-order chi connectivity index (χ1) is 19.1. The topological polar surface area (TPSA) is 162 Å². The van der Waals surface area contributed by atoms with Crippen LogP contribution in [0.4, 0.5) is 0 Å². The molecule has 228 valence electrons. The summed E-state index contributed by atoms with van der Waals surface area (Å²) in [6.45, 7) is 1.91. The highest BCUT2D eigenvalue weighted by atomic mass is 16.5. The van der Waals surface area contributed by atoms with Gasteiger partial charge in [0.25, 0.3) is 0 Å². The molecule has 5 N–H and O–H groups in total. The quantitative estimate of drug-likeness (QED) is 0.0894. The molecular formula is C31H50O9. The largest absolute Gasteiger partial charge is 0.478 e. The fraction of sp³-hybridized carbons (Fsp3) is 0.839. The van der Waals surface area contributed by atoms with E-state index in [9.17, 15) is 34.8 Å². The van der Waals surface area contributed by atoms with Gasteiger partial charge in [0.05, 0.1) is 12.2 Å². The molecule has 8 atom stereocenters. The number of ether oxygens (including phenoxy) is 1. The molecule has 40 heavy (non-hydrogen) atoms. The van der Waals surface area contributed by atoms with Crippen LogP contribution in [0.1, 0.15) is 103 Å². The van der Waals surface area contributed by atoms with E-state index >= 15 is 0 Å². The minimum atomic E-state index is -1.07. The zero-order chi connectivity index (χ0) is 29.3. The number of aliphatic hydroxyl groups excluding tert-OH is 4. The summed E-state index contributed by atoms with van der Waals surface area (Å²) < 4.78 is 5.92. The highest BCUT2D eigenvalue weighted by molar-refractivity contribution is 5.88. The van der Waals surface area contributed by atoms with Gasteiger partial charge >= 0.3 is 11.9 Å². The fourth-order valence-corrected chi connectivity index (χ4v) is 7.97. The van der Waals surface area contributed by atoms with Crippen molar-refractivity contribution in [3.8, 4) is 0 Å². The van der Waals surface area contributed by atoms with Crippen LogP contribution < -0.4 is 0 Å². The molecule has 2 saturated carbocycles. The first kappa shape index (κ1) is 32.7. The van der Waals surface area contributed by atoms with E-state index in [2.05, 4.69) is 0 Å². The zero-order valence-corrected chi connectivity index (χ0v) is 24.0. The molecule has 9 nitrogen and oxygen atoms in total. The molecule has 3 aliphatic rings. The SMILES string of the molecule is C[C@@]1(CO)[C@@H]2C[C@]3([C@@H](OC(=O)CCCCCCC[C@@H](O)[C@H](O)CCCCCCO)C=C2C(=O)O)[C@@H](C=O)CC[C@@H]13. The van der Waals surface area contributed by atoms with Crippen molar-refractivity contribution in [3.05, 3.63) is 11.6 Å². The van der Waals surface area contributed by atoms with Crippen LogP contribution in [0.2, 0.25) is 0 Å². The van der Waals surface area contributed by atoms with E-state index in [1.54, 1.807) is 6.08 Å². The number of esters is 1. The summed E-state index contributed by atoms with van der Waals surface area (Å²) in [4.78, 5) is 37.0. The highest BCUT2D eigenvalue weighted by Crippen LogP contribution is 2.71. The Kier molecular flexibility index (Phi) is 12.2. The van der Waals surface area contributed by atoms with E-state index in [-0.39, 0.29) is 43.0 Å². The van der Waals surface area contributed by atoms with Gasteiger partial charge in [-0.2, -0.15) is 0 Å². The molecular weight excluding hydrogens is 516 g/mol. The Balaban J connectivity index is 1.43. The molecule has 0 aliphatic heterocycles. The first-order valence-corrected chi connectivity index (χ1v) is 15.3. The molecule has 0 heterocycles. The van der Waals surface area contributed by atoms with Crippen LogP contribution in [-0.2, 0) is 19.1 Å². The van der Waals surface area contributed by atoms with Gasteiger partial charge in [-0.15, -0.1) is 0 Å². The Morgan fingerprint density at radius 2 is 1.57 bits per heavy atom. The molecule has 2 fully saturated rings. The van der Waals surface area contributed by atoms with Gasteiger partial charge in [-0.1, -0.05) is 51.9 Å². The molecule has 0 amide bonds. The van der Waals surface area contributed by atoms with Crippen LogP contribution in [0.25, 0.3) is 0 Å². The van der Waals surface area contributed by atoms with Crippen LogP contribution in [0, 0.1) is 28.6 Å². The predicted octanol–water partition coefficient (Wildman–Crippen LogP) is 3.55. The number of hydrogen-bond donors (Lipinski definition) is 5. The van der Waals surface area contributed by atoms with Gasteiger partial charge in [-0.3, -0.25) is 4.79 Å². The third kappa shape index (κ3) is 6.97. The third-order valence-electron chi connectivity index (χ3n) is 10.2. The Morgan fingerprint density at radius 1 is 0.975 bits per heavy atom. The van der Waals surface area contributed by atoms with Crippen LogP contribution >= 0.6 is 0 Å². The molecule has 0 radical (unpaired) electrons. The Morgan fingerprint density at radius 3 is 2.15 bits per heavy atom. The van der Waals surface area contributed by atoms with Gasteiger partial charge in [-0.05, 0) is 62.9 Å². The lowest BCUT2D eigenvalue weighted by Crippen LogP contribution is -2.45. The number of carboxylic acids is 1. The van der Waals surface area contributed by atoms with E-state index in [1.165, 1.54) is 0 Å². The van der Waals surface area contributed by atoms with Crippen molar-refractivity contribution in [2.45, 2.75) is 122 Å². The Bertz CT molecular complexity index is 888. The van der Waals surface area contributed by atoms with Crippen molar-refractivity contribution in [3.63, 3.8) is 0 Å². The number of aliphatic carboxylic acids is 1. The van der Waals surface area contributed by atoms with Crippen molar-refractivity contribution in [1.82, 2.24) is 0 Å². The molecule has 9 heteroatoms. The first-order valence-electron chi connectivity index (χ1n) is 15.3. The maximum atomic E-state index is 12.9. The summed E-state index contributed by atoms with van der Waals surface area (Å²) in [5.41, 5.74) is -1.16. The minimum absolute atomic E-state index is 0.101. The summed E-state index contributed by atoms with van der Waals surface area (Å²) in [6, 6.07) is 0. The number of carbonyl (C=O) groups excluding carboxylic acids is 2. The van der Waals surface area contributed by atoms with Gasteiger partial charge in [0.2, 0.25) is 0 Å². The molecule has 1 spiro atoms. The summed E-state index contributed by atoms with van der Waals surface area (Å²) in [5, 5.41) is 49.3. The molecule has 0 aromatic heterocycles. The molecule has 0 saturated heterocycles. The summed E-state index contributed by atoms with van der Waals surface area (Å²) in [6.07, 6.45) is 10.8. The molecule has 0 aromatic rings. The number of aliphatic hydroxyl groups is 4. The smallest absolute Gasteiger partial charge is 0.331 e. The van der Waals surface area contributed by atoms with E-state index < -0.39 is 41.1 Å². The van der Waals surface area contributed by atoms with Gasteiger partial charge in [-0.25, -0.2) is 4.79 Å². The Labute approximate surface area is 238 Å². The maximum Gasteiger partial charge on any atom is 0.331 e. The van der Waals surface area contributed by atoms with Gasteiger partial charge in [0.1, 0.15) is 12.4 Å². The number of unbranched alkanes of at least 4 members (excludes halogenated alkanes) is 7. The zero-order valence-electron chi connectivity index (χ0n) is 24.0. The second kappa shape index (κ2) is 14.9. The van der Waals surface area contributed by atoms with E-state index in [0.717, 1.165) is 57.7 Å². The van der Waals surface area contributed by atoms with E-state index in [0.29, 0.717) is 38.5 Å². The lowest BCUT2D eigenvalue weighted by Gasteiger charge is -2.42. The minimum Gasteiger partial charge on any atom is -0.478 e. The lowest BCUT2D eigenvalue weighted by atomic mass is 9.66. The summed E-state index contributed by atoms with van der Waals surface area (Å²) in [5.74, 6) is -2.29. The average Bonchev–Trinajstić information content (AvgIpc) is 3.40. The number of carboxylic acid groups (broad SMARTS) is 1. The average molecular weight is 567 g/mol. The second-order valence-corrected chi connectivity index (χ2v) is 12.6. The monoisotopic (exact) mass is 566 g/mol. The van der Waals surface area contributed by atoms with E-state index in [4.69, 9.17) is 9.84 Å². The molecule has 3 aliphatic carbocycles. The third-order valence-corrected chi connectivity index (χ3v) is 10.2. The predicted molar refractivity (Wildman–Crippen MR) is 148 cm³/mol. The van der Waals surface area contributed by atoms with Gasteiger partial charge in [0, 0.05) is 42.0 Å². The number of rotatable bonds is 19. The molecule has 3 rings (SSSR count). The summed E-state index contributed by atoms with van der Waals surface area (Å²) >= 11 is 0. The molecule has 0 unspecified atom stereocenters. The molecule has 0 aromatic carbocycles. The fourth-order valence-electron chi connectivity index (χ4n) is 7.97. The van der Waals surface area contributed by atoms with Gasteiger partial charge in [0.15, 0.2) is 0 Å². The Hall–Kier alpha value is -1.81. The maximum absolute atomic E-state index is 12.9. The number of fused-ring (bicyclic) bond motifs is 1. The molecule has 2 bridgehead atoms. The van der Waals surface area contributed by atoms with Crippen molar-refractivity contribution >= 4 is 18.2 Å². The van der Waals surface area contributed by atoms with Crippen molar-refractivity contribution in [2.24, 2.45) is 28.6 Å².